The second-order valence-electron chi connectivity index (χ2n) is 6.32. The Morgan fingerprint density at radius 3 is 2.43 bits per heavy atom. The first-order valence-corrected chi connectivity index (χ1v) is 9.38. The van der Waals surface area contributed by atoms with Crippen molar-refractivity contribution in [2.24, 2.45) is 0 Å². The third-order valence-electron chi connectivity index (χ3n) is 4.43. The molecular weight excluding hydrogens is 379 g/mol. The van der Waals surface area contributed by atoms with Crippen LogP contribution in [0.1, 0.15) is 15.2 Å². The number of thiophene rings is 1. The Labute approximate surface area is 162 Å². The first-order valence-electron chi connectivity index (χ1n) is 8.56. The van der Waals surface area contributed by atoms with Crippen molar-refractivity contribution in [2.45, 2.75) is 13.5 Å². The SMILES string of the molecule is Cc1cc2c(=O)n(-c3ccccc3)c(=O)n(CC(=O)c3ccccc3F)c2s1. The van der Waals surface area contributed by atoms with Gasteiger partial charge < -0.3 is 0 Å². The van der Waals surface area contributed by atoms with Crippen LogP contribution in [0, 0.1) is 12.7 Å². The topological polar surface area (TPSA) is 61.1 Å². The molecule has 0 unspecified atom stereocenters. The van der Waals surface area contributed by atoms with E-state index in [0.29, 0.717) is 15.9 Å². The number of hydrogen-bond acceptors (Lipinski definition) is 4. The van der Waals surface area contributed by atoms with Gasteiger partial charge in [-0.2, -0.15) is 0 Å². The molecule has 4 aromatic rings. The molecular formula is C21H15FN2O3S. The number of Topliss-reactive ketones (excluding diaryl/α,β-unsaturated/α-hetero) is 1. The minimum atomic E-state index is -0.643. The summed E-state index contributed by atoms with van der Waals surface area (Å²) in [6.07, 6.45) is 0. The van der Waals surface area contributed by atoms with Crippen molar-refractivity contribution in [1.82, 2.24) is 9.13 Å². The first-order chi connectivity index (χ1) is 13.5. The molecule has 0 atom stereocenters. The number of nitrogens with zero attached hydrogens (tertiary/aromatic N) is 2. The molecule has 5 nitrogen and oxygen atoms in total. The van der Waals surface area contributed by atoms with Crippen LogP contribution in [-0.4, -0.2) is 14.9 Å². The van der Waals surface area contributed by atoms with Crippen LogP contribution in [0.15, 0.2) is 70.3 Å². The van der Waals surface area contributed by atoms with Gasteiger partial charge in [-0.25, -0.2) is 13.8 Å². The molecule has 2 aromatic heterocycles. The third kappa shape index (κ3) is 2.99. The van der Waals surface area contributed by atoms with Gasteiger partial charge in [-0.1, -0.05) is 30.3 Å². The van der Waals surface area contributed by atoms with E-state index < -0.39 is 22.8 Å². The van der Waals surface area contributed by atoms with Gasteiger partial charge in [-0.05, 0) is 37.3 Å². The van der Waals surface area contributed by atoms with Crippen molar-refractivity contribution in [3.8, 4) is 5.69 Å². The smallest absolute Gasteiger partial charge is 0.292 e. The van der Waals surface area contributed by atoms with E-state index in [2.05, 4.69) is 0 Å². The summed E-state index contributed by atoms with van der Waals surface area (Å²) >= 11 is 1.26. The van der Waals surface area contributed by atoms with Crippen molar-refractivity contribution in [3.05, 3.63) is 97.8 Å². The van der Waals surface area contributed by atoms with E-state index in [1.165, 1.54) is 34.1 Å². The number of carbonyl (C=O) groups is 1. The van der Waals surface area contributed by atoms with Gasteiger partial charge in [-0.3, -0.25) is 14.2 Å². The fourth-order valence-corrected chi connectivity index (χ4v) is 4.12. The molecule has 0 spiro atoms. The van der Waals surface area contributed by atoms with Gasteiger partial charge in [0.1, 0.15) is 10.6 Å². The number of para-hydroxylation sites is 1. The molecule has 0 fully saturated rings. The molecule has 0 N–H and O–H groups in total. The summed E-state index contributed by atoms with van der Waals surface area (Å²) in [5, 5.41) is 0.354. The van der Waals surface area contributed by atoms with Gasteiger partial charge in [0, 0.05) is 4.88 Å². The number of aromatic nitrogens is 2. The van der Waals surface area contributed by atoms with E-state index in [0.717, 1.165) is 9.44 Å². The fourth-order valence-electron chi connectivity index (χ4n) is 3.13. The Hall–Kier alpha value is -3.32. The molecule has 0 amide bonds. The number of rotatable bonds is 4. The molecule has 4 rings (SSSR count). The molecule has 7 heteroatoms. The highest BCUT2D eigenvalue weighted by molar-refractivity contribution is 7.18. The number of halogens is 1. The Kier molecular flexibility index (Phi) is 4.52. The minimum Gasteiger partial charge on any atom is -0.292 e. The molecule has 28 heavy (non-hydrogen) atoms. The summed E-state index contributed by atoms with van der Waals surface area (Å²) < 4.78 is 16.3. The van der Waals surface area contributed by atoms with E-state index in [-0.39, 0.29) is 12.1 Å². The molecule has 0 aliphatic heterocycles. The highest BCUT2D eigenvalue weighted by Gasteiger charge is 2.20. The van der Waals surface area contributed by atoms with E-state index in [4.69, 9.17) is 0 Å². The zero-order valence-corrected chi connectivity index (χ0v) is 15.7. The number of carbonyl (C=O) groups excluding carboxylic acids is 1. The van der Waals surface area contributed by atoms with Crippen LogP contribution in [0.4, 0.5) is 4.39 Å². The van der Waals surface area contributed by atoms with Crippen molar-refractivity contribution in [2.75, 3.05) is 0 Å². The summed E-state index contributed by atoms with van der Waals surface area (Å²) in [5.74, 6) is -1.18. The lowest BCUT2D eigenvalue weighted by Crippen LogP contribution is -2.39. The van der Waals surface area contributed by atoms with E-state index in [1.54, 1.807) is 42.5 Å². The highest BCUT2D eigenvalue weighted by atomic mass is 32.1. The number of benzene rings is 2. The number of fused-ring (bicyclic) bond motifs is 1. The predicted octanol–water partition coefficient (Wildman–Crippen LogP) is 3.54. The lowest BCUT2D eigenvalue weighted by Gasteiger charge is -2.12. The highest BCUT2D eigenvalue weighted by Crippen LogP contribution is 2.22. The molecule has 0 saturated carbocycles. The van der Waals surface area contributed by atoms with Gasteiger partial charge in [0.2, 0.25) is 0 Å². The van der Waals surface area contributed by atoms with E-state index in [1.807, 2.05) is 6.92 Å². The van der Waals surface area contributed by atoms with Gasteiger partial charge >= 0.3 is 5.69 Å². The lowest BCUT2D eigenvalue weighted by atomic mass is 10.1. The average molecular weight is 394 g/mol. The van der Waals surface area contributed by atoms with Gasteiger partial charge in [0.15, 0.2) is 5.78 Å². The Morgan fingerprint density at radius 2 is 1.71 bits per heavy atom. The maximum Gasteiger partial charge on any atom is 0.337 e. The maximum atomic E-state index is 14.0. The van der Waals surface area contributed by atoms with Crippen molar-refractivity contribution in [1.29, 1.82) is 0 Å². The molecule has 0 bridgehead atoms. The largest absolute Gasteiger partial charge is 0.337 e. The molecule has 2 aromatic carbocycles. The Bertz CT molecular complexity index is 1320. The van der Waals surface area contributed by atoms with Gasteiger partial charge in [0.25, 0.3) is 5.56 Å². The summed E-state index contributed by atoms with van der Waals surface area (Å²) in [7, 11) is 0. The summed E-state index contributed by atoms with van der Waals surface area (Å²) in [6, 6.07) is 15.9. The third-order valence-corrected chi connectivity index (χ3v) is 5.50. The lowest BCUT2D eigenvalue weighted by molar-refractivity contribution is 0.0968. The standard InChI is InChI=1S/C21H15FN2O3S/c1-13-11-16-19(26)24(14-7-3-2-4-8-14)21(27)23(20(16)28-13)12-18(25)15-9-5-6-10-17(15)22/h2-11H,12H2,1H3. The summed E-state index contributed by atoms with van der Waals surface area (Å²) in [4.78, 5) is 40.0. The number of hydrogen-bond donors (Lipinski definition) is 0. The van der Waals surface area contributed by atoms with E-state index >= 15 is 0 Å². The molecule has 0 saturated heterocycles. The van der Waals surface area contributed by atoms with Crippen LogP contribution >= 0.6 is 11.3 Å². The average Bonchev–Trinajstić information content (AvgIpc) is 3.08. The first kappa shape index (κ1) is 18.1. The quantitative estimate of drug-likeness (QED) is 0.498. The molecule has 0 aliphatic rings. The van der Waals surface area contributed by atoms with Crippen molar-refractivity contribution >= 4 is 27.3 Å². The molecule has 2 heterocycles. The van der Waals surface area contributed by atoms with Gasteiger partial charge in [-0.15, -0.1) is 11.3 Å². The zero-order valence-electron chi connectivity index (χ0n) is 14.9. The number of aryl methyl sites for hydroxylation is 1. The minimum absolute atomic E-state index is 0.0895. The van der Waals surface area contributed by atoms with Crippen molar-refractivity contribution in [3.63, 3.8) is 0 Å². The predicted molar refractivity (Wildman–Crippen MR) is 107 cm³/mol. The monoisotopic (exact) mass is 394 g/mol. The van der Waals surface area contributed by atoms with Crippen LogP contribution in [0.5, 0.6) is 0 Å². The van der Waals surface area contributed by atoms with E-state index in [9.17, 15) is 18.8 Å². The normalized spacial score (nSPS) is 11.1. The van der Waals surface area contributed by atoms with Crippen LogP contribution in [-0.2, 0) is 6.54 Å². The summed E-state index contributed by atoms with van der Waals surface area (Å²) in [6.45, 7) is 1.47. The number of ketones is 1. The second kappa shape index (κ2) is 7.01. The molecule has 0 radical (unpaired) electrons. The van der Waals surface area contributed by atoms with Crippen LogP contribution in [0.25, 0.3) is 15.9 Å². The Balaban J connectivity index is 1.96. The maximum absolute atomic E-state index is 14.0. The zero-order chi connectivity index (χ0) is 19.8. The van der Waals surface area contributed by atoms with Gasteiger partial charge in [0.05, 0.1) is 23.2 Å². The summed E-state index contributed by atoms with van der Waals surface area (Å²) in [5.41, 5.74) is -0.746. The molecule has 140 valence electrons. The fraction of sp³-hybridized carbons (Fsp3) is 0.0952. The second-order valence-corrected chi connectivity index (χ2v) is 7.56. The van der Waals surface area contributed by atoms with Crippen LogP contribution < -0.4 is 11.2 Å². The Morgan fingerprint density at radius 1 is 1.04 bits per heavy atom. The molecule has 0 aliphatic carbocycles. The van der Waals surface area contributed by atoms with Crippen molar-refractivity contribution < 1.29 is 9.18 Å². The van der Waals surface area contributed by atoms with Crippen LogP contribution in [0.3, 0.4) is 0 Å². The van der Waals surface area contributed by atoms with Crippen LogP contribution in [0.2, 0.25) is 0 Å².